The zero-order valence-electron chi connectivity index (χ0n) is 18.3. The lowest BCUT2D eigenvalue weighted by Gasteiger charge is -2.13. The van der Waals surface area contributed by atoms with Gasteiger partial charge in [0.15, 0.2) is 16.7 Å². The highest BCUT2D eigenvalue weighted by Gasteiger charge is 2.24. The number of hydrogen-bond donors (Lipinski definition) is 1. The van der Waals surface area contributed by atoms with Gasteiger partial charge < -0.3 is 14.8 Å². The molecule has 4 rings (SSSR count). The molecule has 0 unspecified atom stereocenters. The predicted molar refractivity (Wildman–Crippen MR) is 135 cm³/mol. The molecule has 0 spiro atoms. The summed E-state index contributed by atoms with van der Waals surface area (Å²) in [5, 5.41) is 4.03. The maximum atomic E-state index is 12.5. The van der Waals surface area contributed by atoms with Crippen molar-refractivity contribution in [3.8, 4) is 11.5 Å². The van der Waals surface area contributed by atoms with Crippen LogP contribution < -0.4 is 14.8 Å². The number of thioether (sulfide) groups is 1. The minimum atomic E-state index is -0.178. The summed E-state index contributed by atoms with van der Waals surface area (Å²) in [6.45, 7) is 4.76. The number of nitrogens with zero attached hydrogens (tertiary/aromatic N) is 1. The summed E-state index contributed by atoms with van der Waals surface area (Å²) in [4.78, 5) is 17.5. The first-order valence-electron chi connectivity index (χ1n) is 10.5. The molecule has 1 saturated heterocycles. The molecular formula is C26H23ClN2O3S. The second kappa shape index (κ2) is 10.6. The maximum Gasteiger partial charge on any atom is 0.264 e. The van der Waals surface area contributed by atoms with Crippen LogP contribution in [0.5, 0.6) is 11.5 Å². The Bertz CT molecular complexity index is 1220. The molecule has 0 radical (unpaired) electrons. The average molecular weight is 479 g/mol. The quantitative estimate of drug-likeness (QED) is 0.393. The van der Waals surface area contributed by atoms with Gasteiger partial charge in [0.1, 0.15) is 6.61 Å². The first kappa shape index (κ1) is 23.0. The van der Waals surface area contributed by atoms with Crippen LogP contribution in [0.1, 0.15) is 23.6 Å². The summed E-state index contributed by atoms with van der Waals surface area (Å²) in [5.74, 6) is 1.04. The van der Waals surface area contributed by atoms with Crippen LogP contribution in [0.15, 0.2) is 76.6 Å². The largest absolute Gasteiger partial charge is 0.490 e. The Labute approximate surface area is 202 Å². The Morgan fingerprint density at radius 3 is 2.58 bits per heavy atom. The van der Waals surface area contributed by atoms with Gasteiger partial charge >= 0.3 is 0 Å². The van der Waals surface area contributed by atoms with Gasteiger partial charge in [-0.15, -0.1) is 0 Å². The Kier molecular flexibility index (Phi) is 7.37. The number of amides is 1. The maximum absolute atomic E-state index is 12.5. The van der Waals surface area contributed by atoms with Gasteiger partial charge in [-0.25, -0.2) is 4.99 Å². The zero-order valence-corrected chi connectivity index (χ0v) is 19.9. The molecule has 168 valence electrons. The smallest absolute Gasteiger partial charge is 0.264 e. The van der Waals surface area contributed by atoms with Crippen LogP contribution in [0.2, 0.25) is 5.02 Å². The van der Waals surface area contributed by atoms with Crippen LogP contribution in [0.3, 0.4) is 0 Å². The van der Waals surface area contributed by atoms with Crippen molar-refractivity contribution in [1.29, 1.82) is 0 Å². The molecule has 7 heteroatoms. The molecule has 0 atom stereocenters. The van der Waals surface area contributed by atoms with E-state index in [2.05, 4.69) is 10.3 Å². The third-order valence-corrected chi connectivity index (χ3v) is 6.10. The van der Waals surface area contributed by atoms with Crippen molar-refractivity contribution in [3.05, 3.63) is 93.3 Å². The fourth-order valence-electron chi connectivity index (χ4n) is 3.14. The van der Waals surface area contributed by atoms with Gasteiger partial charge in [0.05, 0.1) is 17.2 Å². The van der Waals surface area contributed by atoms with Crippen LogP contribution in [-0.2, 0) is 11.4 Å². The highest BCUT2D eigenvalue weighted by atomic mass is 35.5. The SMILES string of the molecule is CCOc1cc(/C=C2\SC(=Nc3ccc(C)cc3)NC2=O)ccc1OCc1ccccc1Cl. The molecule has 1 heterocycles. The molecule has 1 aliphatic rings. The third-order valence-electron chi connectivity index (χ3n) is 4.82. The summed E-state index contributed by atoms with van der Waals surface area (Å²) in [6.07, 6.45) is 1.82. The van der Waals surface area contributed by atoms with Gasteiger partial charge in [0.25, 0.3) is 5.91 Å². The first-order chi connectivity index (χ1) is 16.0. The van der Waals surface area contributed by atoms with E-state index in [1.54, 1.807) is 0 Å². The topological polar surface area (TPSA) is 59.9 Å². The molecule has 1 aliphatic heterocycles. The van der Waals surface area contributed by atoms with Crippen molar-refractivity contribution in [2.24, 2.45) is 4.99 Å². The number of ether oxygens (including phenoxy) is 2. The molecular weight excluding hydrogens is 456 g/mol. The zero-order chi connectivity index (χ0) is 23.2. The molecule has 0 aliphatic carbocycles. The second-order valence-corrected chi connectivity index (χ2v) is 8.77. The number of aliphatic imine (C=N–C) groups is 1. The molecule has 0 saturated carbocycles. The Morgan fingerprint density at radius 1 is 1.03 bits per heavy atom. The number of rotatable bonds is 7. The number of hydrogen-bond acceptors (Lipinski definition) is 5. The molecule has 1 fully saturated rings. The second-order valence-electron chi connectivity index (χ2n) is 7.34. The van der Waals surface area contributed by atoms with E-state index in [0.717, 1.165) is 22.4 Å². The number of aryl methyl sites for hydroxylation is 1. The number of benzene rings is 3. The monoisotopic (exact) mass is 478 g/mol. The van der Waals surface area contributed by atoms with Crippen molar-refractivity contribution < 1.29 is 14.3 Å². The summed E-state index contributed by atoms with van der Waals surface area (Å²) in [6, 6.07) is 21.0. The van der Waals surface area contributed by atoms with Gasteiger partial charge in [0.2, 0.25) is 0 Å². The third kappa shape index (κ3) is 5.97. The predicted octanol–water partition coefficient (Wildman–Crippen LogP) is 6.52. The van der Waals surface area contributed by atoms with Crippen LogP contribution in [0.25, 0.3) is 6.08 Å². The summed E-state index contributed by atoms with van der Waals surface area (Å²) in [7, 11) is 0. The molecule has 5 nitrogen and oxygen atoms in total. The molecule has 33 heavy (non-hydrogen) atoms. The van der Waals surface area contributed by atoms with Crippen LogP contribution >= 0.6 is 23.4 Å². The first-order valence-corrected chi connectivity index (χ1v) is 11.7. The van der Waals surface area contributed by atoms with E-state index in [1.165, 1.54) is 11.8 Å². The van der Waals surface area contributed by atoms with E-state index in [4.69, 9.17) is 21.1 Å². The van der Waals surface area contributed by atoms with Crippen molar-refractivity contribution in [2.45, 2.75) is 20.5 Å². The molecule has 1 N–H and O–H groups in total. The van der Waals surface area contributed by atoms with Crippen molar-refractivity contribution in [2.75, 3.05) is 6.61 Å². The van der Waals surface area contributed by atoms with E-state index in [0.29, 0.717) is 39.8 Å². The number of carbonyl (C=O) groups is 1. The van der Waals surface area contributed by atoms with Gasteiger partial charge in [-0.1, -0.05) is 53.6 Å². The minimum Gasteiger partial charge on any atom is -0.490 e. The van der Waals surface area contributed by atoms with E-state index < -0.39 is 0 Å². The molecule has 3 aromatic carbocycles. The van der Waals surface area contributed by atoms with Crippen LogP contribution in [0.4, 0.5) is 5.69 Å². The van der Waals surface area contributed by atoms with Gasteiger partial charge in [-0.05, 0) is 67.6 Å². The molecule has 1 amide bonds. The molecule has 0 bridgehead atoms. The Morgan fingerprint density at radius 2 is 1.82 bits per heavy atom. The highest BCUT2D eigenvalue weighted by Crippen LogP contribution is 2.33. The number of nitrogens with one attached hydrogen (secondary N) is 1. The fraction of sp³-hybridized carbons (Fsp3) is 0.154. The normalized spacial score (nSPS) is 15.7. The number of halogens is 1. The summed E-state index contributed by atoms with van der Waals surface area (Å²) >= 11 is 7.54. The highest BCUT2D eigenvalue weighted by molar-refractivity contribution is 8.18. The average Bonchev–Trinajstić information content (AvgIpc) is 3.14. The lowest BCUT2D eigenvalue weighted by molar-refractivity contribution is -0.115. The van der Waals surface area contributed by atoms with E-state index >= 15 is 0 Å². The van der Waals surface area contributed by atoms with Crippen molar-refractivity contribution >= 4 is 46.2 Å². The number of amidine groups is 1. The van der Waals surface area contributed by atoms with Gasteiger partial charge in [-0.2, -0.15) is 0 Å². The summed E-state index contributed by atoms with van der Waals surface area (Å²) in [5.41, 5.74) is 3.68. The van der Waals surface area contributed by atoms with E-state index in [1.807, 2.05) is 86.7 Å². The lowest BCUT2D eigenvalue weighted by Crippen LogP contribution is -2.19. The van der Waals surface area contributed by atoms with Crippen molar-refractivity contribution in [3.63, 3.8) is 0 Å². The number of carbonyl (C=O) groups excluding carboxylic acids is 1. The Balaban J connectivity index is 1.51. The van der Waals surface area contributed by atoms with E-state index in [9.17, 15) is 4.79 Å². The van der Waals surface area contributed by atoms with Gasteiger partial charge in [0, 0.05) is 10.6 Å². The fourth-order valence-corrected chi connectivity index (χ4v) is 4.17. The Hall–Kier alpha value is -3.22. The van der Waals surface area contributed by atoms with Crippen LogP contribution in [-0.4, -0.2) is 17.7 Å². The van der Waals surface area contributed by atoms with Gasteiger partial charge in [-0.3, -0.25) is 4.79 Å². The van der Waals surface area contributed by atoms with E-state index in [-0.39, 0.29) is 5.91 Å². The molecule has 0 aromatic heterocycles. The molecule has 3 aromatic rings. The minimum absolute atomic E-state index is 0.178. The standard InChI is InChI=1S/C26H23ClN2O3S/c1-3-31-23-14-18(10-13-22(23)32-16-19-6-4-5-7-21(19)27)15-24-25(30)29-26(33-24)28-20-11-8-17(2)9-12-20/h4-15H,3,16H2,1-2H3,(H,28,29,30)/b24-15-. The van der Waals surface area contributed by atoms with Crippen molar-refractivity contribution in [1.82, 2.24) is 5.32 Å². The lowest BCUT2D eigenvalue weighted by atomic mass is 10.2. The summed E-state index contributed by atoms with van der Waals surface area (Å²) < 4.78 is 11.7. The van der Waals surface area contributed by atoms with Crippen LogP contribution in [0, 0.1) is 6.92 Å².